The van der Waals surface area contributed by atoms with Crippen molar-refractivity contribution < 1.29 is 29.6 Å². The van der Waals surface area contributed by atoms with Gasteiger partial charge in [0.25, 0.3) is 0 Å². The van der Waals surface area contributed by atoms with Gasteiger partial charge in [0.2, 0.25) is 5.60 Å². The first-order valence-corrected chi connectivity index (χ1v) is 5.60. The quantitative estimate of drug-likeness (QED) is 0.642. The number of rotatable bonds is 3. The van der Waals surface area contributed by atoms with E-state index < -0.39 is 34.7 Å². The Morgan fingerprint density at radius 3 is 1.67 bits per heavy atom. The number of carbonyl (C=O) groups is 2. The average Bonchev–Trinajstić information content (AvgIpc) is 2.10. The molecule has 6 heteroatoms. The molecule has 0 saturated heterocycles. The number of hydrogen-bond donors (Lipinski definition) is 3. The van der Waals surface area contributed by atoms with Crippen LogP contribution in [-0.2, 0) is 14.3 Å². The molecule has 0 aliphatic rings. The summed E-state index contributed by atoms with van der Waals surface area (Å²) in [5.74, 6) is -2.84. The van der Waals surface area contributed by atoms with Gasteiger partial charge < -0.3 is 20.1 Å². The first-order valence-electron chi connectivity index (χ1n) is 5.60. The molecular weight excluding hydrogens is 240 g/mol. The number of ether oxygens (including phenoxy) is 1. The van der Waals surface area contributed by atoms with E-state index in [2.05, 4.69) is 0 Å². The molecule has 0 rings (SSSR count). The van der Waals surface area contributed by atoms with Crippen molar-refractivity contribution >= 4 is 11.9 Å². The van der Waals surface area contributed by atoms with Gasteiger partial charge in [-0.25, -0.2) is 9.59 Å². The van der Waals surface area contributed by atoms with Gasteiger partial charge in [0, 0.05) is 5.41 Å². The second-order valence-electron chi connectivity index (χ2n) is 6.26. The molecule has 0 radical (unpaired) electrons. The van der Waals surface area contributed by atoms with Crippen molar-refractivity contribution in [1.82, 2.24) is 0 Å². The van der Waals surface area contributed by atoms with Gasteiger partial charge in [-0.2, -0.15) is 0 Å². The minimum atomic E-state index is -2.52. The molecule has 2 unspecified atom stereocenters. The van der Waals surface area contributed by atoms with E-state index in [0.717, 1.165) is 0 Å². The van der Waals surface area contributed by atoms with Crippen LogP contribution in [0.1, 0.15) is 41.5 Å². The fourth-order valence-corrected chi connectivity index (χ4v) is 1.36. The minimum Gasteiger partial charge on any atom is -0.479 e. The monoisotopic (exact) mass is 262 g/mol. The van der Waals surface area contributed by atoms with E-state index in [-0.39, 0.29) is 0 Å². The Balaban J connectivity index is 5.51. The van der Waals surface area contributed by atoms with Crippen molar-refractivity contribution in [3.8, 4) is 0 Å². The maximum Gasteiger partial charge on any atom is 0.342 e. The molecule has 0 aliphatic carbocycles. The summed E-state index contributed by atoms with van der Waals surface area (Å²) in [5.41, 5.74) is -4.62. The van der Waals surface area contributed by atoms with Crippen LogP contribution in [0, 0.1) is 5.41 Å². The highest BCUT2D eigenvalue weighted by Gasteiger charge is 2.57. The average molecular weight is 262 g/mol. The molecule has 0 saturated carbocycles. The molecular formula is C12H22O6. The smallest absolute Gasteiger partial charge is 0.342 e. The zero-order valence-electron chi connectivity index (χ0n) is 11.6. The summed E-state index contributed by atoms with van der Waals surface area (Å²) < 4.78 is 4.99. The van der Waals surface area contributed by atoms with Crippen LogP contribution in [0.5, 0.6) is 0 Å². The molecule has 0 amide bonds. The van der Waals surface area contributed by atoms with Gasteiger partial charge in [0.1, 0.15) is 5.60 Å². The molecule has 0 fully saturated rings. The Bertz CT molecular complexity index is 335. The van der Waals surface area contributed by atoms with Crippen LogP contribution < -0.4 is 0 Å². The second kappa shape index (κ2) is 4.85. The summed E-state index contributed by atoms with van der Waals surface area (Å²) in [7, 11) is 0. The lowest BCUT2D eigenvalue weighted by atomic mass is 9.72. The normalized spacial score (nSPS) is 17.8. The van der Waals surface area contributed by atoms with Crippen molar-refractivity contribution in [3.05, 3.63) is 0 Å². The van der Waals surface area contributed by atoms with Crippen molar-refractivity contribution in [2.45, 2.75) is 58.8 Å². The van der Waals surface area contributed by atoms with E-state index in [0.29, 0.717) is 0 Å². The predicted molar refractivity (Wildman–Crippen MR) is 63.9 cm³/mol. The van der Waals surface area contributed by atoms with Crippen LogP contribution in [0.3, 0.4) is 0 Å². The number of esters is 1. The van der Waals surface area contributed by atoms with Crippen LogP contribution in [0.2, 0.25) is 0 Å². The van der Waals surface area contributed by atoms with Crippen LogP contribution in [-0.4, -0.2) is 44.6 Å². The Morgan fingerprint density at radius 1 is 1.06 bits per heavy atom. The van der Waals surface area contributed by atoms with Gasteiger partial charge in [-0.15, -0.1) is 0 Å². The first kappa shape index (κ1) is 16.9. The molecule has 6 nitrogen and oxygen atoms in total. The van der Waals surface area contributed by atoms with Gasteiger partial charge in [-0.3, -0.25) is 0 Å². The van der Waals surface area contributed by atoms with E-state index >= 15 is 0 Å². The lowest BCUT2D eigenvalue weighted by Crippen LogP contribution is -2.62. The third-order valence-electron chi connectivity index (χ3n) is 2.48. The molecule has 0 aromatic carbocycles. The number of aliphatic hydroxyl groups excluding tert-OH is 1. The molecule has 0 aliphatic heterocycles. The lowest BCUT2D eigenvalue weighted by Gasteiger charge is -2.40. The zero-order valence-corrected chi connectivity index (χ0v) is 11.6. The van der Waals surface area contributed by atoms with Crippen LogP contribution in [0.4, 0.5) is 0 Å². The van der Waals surface area contributed by atoms with Crippen LogP contribution in [0.15, 0.2) is 0 Å². The summed E-state index contributed by atoms with van der Waals surface area (Å²) >= 11 is 0. The lowest BCUT2D eigenvalue weighted by molar-refractivity contribution is -0.213. The van der Waals surface area contributed by atoms with Crippen molar-refractivity contribution in [2.24, 2.45) is 5.41 Å². The topological polar surface area (TPSA) is 104 Å². The van der Waals surface area contributed by atoms with E-state index in [1.54, 1.807) is 20.8 Å². The number of aliphatic hydroxyl groups is 2. The molecule has 3 N–H and O–H groups in total. The Kier molecular flexibility index (Phi) is 4.55. The van der Waals surface area contributed by atoms with Gasteiger partial charge in [0.15, 0.2) is 6.10 Å². The van der Waals surface area contributed by atoms with Gasteiger partial charge in [-0.05, 0) is 20.8 Å². The highest BCUT2D eigenvalue weighted by molar-refractivity contribution is 5.89. The predicted octanol–water partition coefficient (Wildman–Crippen LogP) is 0.551. The van der Waals surface area contributed by atoms with Crippen molar-refractivity contribution in [2.75, 3.05) is 0 Å². The fourth-order valence-electron chi connectivity index (χ4n) is 1.36. The van der Waals surface area contributed by atoms with Crippen LogP contribution >= 0.6 is 0 Å². The summed E-state index contributed by atoms with van der Waals surface area (Å²) in [6.45, 7) is 9.10. The van der Waals surface area contributed by atoms with Gasteiger partial charge >= 0.3 is 11.9 Å². The Hall–Kier alpha value is -1.14. The molecule has 0 aromatic heterocycles. The highest BCUT2D eigenvalue weighted by atomic mass is 16.6. The van der Waals surface area contributed by atoms with Crippen LogP contribution in [0.25, 0.3) is 0 Å². The second-order valence-corrected chi connectivity index (χ2v) is 6.26. The highest BCUT2D eigenvalue weighted by Crippen LogP contribution is 2.35. The largest absolute Gasteiger partial charge is 0.479 e. The zero-order chi connectivity index (χ0) is 14.9. The first-order chi connectivity index (χ1) is 7.73. The number of aliphatic carboxylic acids is 1. The molecule has 106 valence electrons. The van der Waals surface area contributed by atoms with Crippen molar-refractivity contribution in [1.29, 1.82) is 0 Å². The number of carbonyl (C=O) groups excluding carboxylic acids is 1. The third-order valence-corrected chi connectivity index (χ3v) is 2.48. The third kappa shape index (κ3) is 3.43. The fraction of sp³-hybridized carbons (Fsp3) is 0.833. The van der Waals surface area contributed by atoms with E-state index in [1.165, 1.54) is 20.8 Å². The minimum absolute atomic E-state index is 0.894. The van der Waals surface area contributed by atoms with Gasteiger partial charge in [0.05, 0.1) is 0 Å². The Morgan fingerprint density at radius 2 is 1.44 bits per heavy atom. The molecule has 0 bridgehead atoms. The van der Waals surface area contributed by atoms with E-state index in [9.17, 15) is 19.8 Å². The summed E-state index contributed by atoms with van der Waals surface area (Å²) in [4.78, 5) is 22.8. The summed E-state index contributed by atoms with van der Waals surface area (Å²) in [6, 6.07) is 0. The van der Waals surface area contributed by atoms with E-state index in [1.807, 2.05) is 0 Å². The molecule has 2 atom stereocenters. The Labute approximate surface area is 107 Å². The number of carboxylic acids is 1. The molecule has 0 heterocycles. The molecule has 18 heavy (non-hydrogen) atoms. The van der Waals surface area contributed by atoms with E-state index in [4.69, 9.17) is 9.84 Å². The summed E-state index contributed by atoms with van der Waals surface area (Å²) in [5, 5.41) is 28.7. The summed E-state index contributed by atoms with van der Waals surface area (Å²) in [6.07, 6.45) is -2.26. The maximum atomic E-state index is 12.0. The standard InChI is InChI=1S/C12H22O6/c1-10(2,3)12(17,7(13)8(14)15)9(16)18-11(4,5)6/h7,13,17H,1-6H3,(H,14,15). The SMILES string of the molecule is CC(C)(C)OC(=O)C(O)(C(O)C(=O)O)C(C)(C)C. The maximum absolute atomic E-state index is 12.0. The molecule has 0 spiro atoms. The van der Waals surface area contributed by atoms with Gasteiger partial charge in [-0.1, -0.05) is 20.8 Å². The number of hydrogen-bond acceptors (Lipinski definition) is 5. The van der Waals surface area contributed by atoms with Crippen molar-refractivity contribution in [3.63, 3.8) is 0 Å². The number of carboxylic acid groups (broad SMARTS) is 1. The molecule has 0 aromatic rings.